The molecule has 0 radical (unpaired) electrons. The number of carbonyl (C=O) groups excluding carboxylic acids is 1. The van der Waals surface area contributed by atoms with Crippen LogP contribution < -0.4 is 9.64 Å². The number of oxime groups is 1. The van der Waals surface area contributed by atoms with Crippen molar-refractivity contribution >= 4 is 17.4 Å². The van der Waals surface area contributed by atoms with Crippen molar-refractivity contribution in [3.05, 3.63) is 94.4 Å². The molecule has 216 valence electrons. The van der Waals surface area contributed by atoms with Gasteiger partial charge in [-0.3, -0.25) is 9.69 Å². The zero-order chi connectivity index (χ0) is 29.7. The molecule has 0 aliphatic carbocycles. The number of nitrogens with zero attached hydrogens (tertiary/aromatic N) is 4. The largest absolute Gasteiger partial charge is 0.573 e. The van der Waals surface area contributed by atoms with Gasteiger partial charge in [0.2, 0.25) is 0 Å². The number of anilines is 1. The Balaban J connectivity index is 1.87. The highest BCUT2D eigenvalue weighted by atomic mass is 19.4. The molecule has 0 bridgehead atoms. The minimum absolute atomic E-state index is 0.0802. The van der Waals surface area contributed by atoms with Crippen LogP contribution in [0.25, 0.3) is 0 Å². The molecule has 41 heavy (non-hydrogen) atoms. The second-order valence-electron chi connectivity index (χ2n) is 9.53. The Morgan fingerprint density at radius 1 is 1.02 bits per heavy atom. The van der Waals surface area contributed by atoms with Crippen molar-refractivity contribution < 1.29 is 37.4 Å². The quantitative estimate of drug-likeness (QED) is 0.187. The van der Waals surface area contributed by atoms with Crippen LogP contribution in [0.15, 0.2) is 77.2 Å². The number of hydrogen-bond donors (Lipinski definition) is 1. The van der Waals surface area contributed by atoms with Gasteiger partial charge in [0.1, 0.15) is 18.1 Å². The minimum Gasteiger partial charge on any atom is -0.503 e. The molecule has 9 nitrogen and oxygen atoms in total. The fraction of sp³-hybridized carbons (Fsp3) is 0.310. The molecule has 0 spiro atoms. The molecule has 4 rings (SSSR count). The summed E-state index contributed by atoms with van der Waals surface area (Å²) in [6.07, 6.45) is -4.88. The Kier molecular flexibility index (Phi) is 8.92. The average molecular weight is 571 g/mol. The van der Waals surface area contributed by atoms with Crippen LogP contribution in [0.5, 0.6) is 5.75 Å². The summed E-state index contributed by atoms with van der Waals surface area (Å²) >= 11 is 0. The van der Waals surface area contributed by atoms with E-state index in [9.17, 15) is 23.1 Å². The van der Waals surface area contributed by atoms with Crippen LogP contribution in [0.2, 0.25) is 0 Å². The number of aliphatic hydroxyl groups is 1. The summed E-state index contributed by atoms with van der Waals surface area (Å²) in [6.45, 7) is 6.15. The van der Waals surface area contributed by atoms with Crippen LogP contribution in [0.4, 0.5) is 19.0 Å². The molecule has 1 unspecified atom stereocenters. The third-order valence-electron chi connectivity index (χ3n) is 6.31. The summed E-state index contributed by atoms with van der Waals surface area (Å²) in [7, 11) is 1.51. The van der Waals surface area contributed by atoms with Crippen LogP contribution in [0.1, 0.15) is 48.2 Å². The van der Waals surface area contributed by atoms with E-state index in [1.165, 1.54) is 24.1 Å². The van der Waals surface area contributed by atoms with Gasteiger partial charge in [0, 0.05) is 12.7 Å². The van der Waals surface area contributed by atoms with Gasteiger partial charge in [0.05, 0.1) is 23.9 Å². The summed E-state index contributed by atoms with van der Waals surface area (Å²) in [5.41, 5.74) is 2.80. The number of aryl methyl sites for hydroxylation is 1. The van der Waals surface area contributed by atoms with Gasteiger partial charge in [-0.15, -0.1) is 18.3 Å². The van der Waals surface area contributed by atoms with Gasteiger partial charge < -0.3 is 19.4 Å². The molecule has 0 saturated carbocycles. The molecule has 0 fully saturated rings. The lowest BCUT2D eigenvalue weighted by molar-refractivity contribution is -0.274. The number of rotatable bonds is 10. The van der Waals surface area contributed by atoms with Crippen molar-refractivity contribution in [2.24, 2.45) is 5.16 Å². The second-order valence-corrected chi connectivity index (χ2v) is 9.53. The minimum atomic E-state index is -4.88. The Bertz CT molecular complexity index is 1420. The van der Waals surface area contributed by atoms with E-state index in [0.717, 1.165) is 17.7 Å². The maximum absolute atomic E-state index is 13.6. The number of hydrogen-bond acceptors (Lipinski definition) is 8. The molecule has 1 aliphatic heterocycles. The highest BCUT2D eigenvalue weighted by Gasteiger charge is 2.45. The second kappa shape index (κ2) is 12.4. The smallest absolute Gasteiger partial charge is 0.503 e. The van der Waals surface area contributed by atoms with Crippen LogP contribution >= 0.6 is 0 Å². The Morgan fingerprint density at radius 3 is 2.27 bits per heavy atom. The maximum atomic E-state index is 13.6. The molecule has 0 saturated heterocycles. The van der Waals surface area contributed by atoms with E-state index < -0.39 is 29.8 Å². The lowest BCUT2D eigenvalue weighted by Gasteiger charge is -2.26. The van der Waals surface area contributed by atoms with E-state index >= 15 is 0 Å². The summed E-state index contributed by atoms with van der Waals surface area (Å²) in [5, 5.41) is 23.7. The van der Waals surface area contributed by atoms with Gasteiger partial charge in [-0.05, 0) is 48.2 Å². The Labute approximate surface area is 234 Å². The molecule has 12 heteroatoms. The highest BCUT2D eigenvalue weighted by Crippen LogP contribution is 2.42. The van der Waals surface area contributed by atoms with E-state index in [-0.39, 0.29) is 36.2 Å². The third-order valence-corrected chi connectivity index (χ3v) is 6.31. The zero-order valence-electron chi connectivity index (χ0n) is 22.8. The number of aromatic nitrogens is 2. The summed E-state index contributed by atoms with van der Waals surface area (Å²) in [6, 6.07) is 14.6. The van der Waals surface area contributed by atoms with E-state index in [2.05, 4.69) is 20.1 Å². The van der Waals surface area contributed by atoms with Crippen molar-refractivity contribution in [1.82, 2.24) is 10.2 Å². The number of aliphatic hydroxyl groups excluding tert-OH is 1. The number of alkyl halides is 3. The standard InChI is InChI=1S/C29H29F3N4O5/c1-17(2)19-6-8-20(9-7-19)25(35-40-16-15-39-4)24-26(21-10-12-22(13-11-21)41-29(30,31)32)36(28(38)27(24)37)23-14-5-18(3)33-34-23/h5-14,17,26,37H,15-16H2,1-4H3/b35-25-. The van der Waals surface area contributed by atoms with Gasteiger partial charge in [-0.1, -0.05) is 55.4 Å². The SMILES string of the molecule is COCCO/N=C(\C1=C(O)C(=O)N(c2ccc(C)nn2)C1c1ccc(OC(F)(F)F)cc1)c1ccc(C(C)C)cc1. The molecule has 1 N–H and O–H groups in total. The van der Waals surface area contributed by atoms with E-state index in [0.29, 0.717) is 16.8 Å². The van der Waals surface area contributed by atoms with Crippen molar-refractivity contribution in [1.29, 1.82) is 0 Å². The topological polar surface area (TPSA) is 106 Å². The van der Waals surface area contributed by atoms with E-state index in [1.54, 1.807) is 31.2 Å². The highest BCUT2D eigenvalue weighted by molar-refractivity contribution is 6.22. The summed E-state index contributed by atoms with van der Waals surface area (Å²) in [5.74, 6) is -1.47. The van der Waals surface area contributed by atoms with Gasteiger partial charge in [0.25, 0.3) is 5.91 Å². The van der Waals surface area contributed by atoms with E-state index in [4.69, 9.17) is 9.57 Å². The fourth-order valence-corrected chi connectivity index (χ4v) is 4.29. The van der Waals surface area contributed by atoms with Crippen molar-refractivity contribution in [3.8, 4) is 5.75 Å². The first-order valence-corrected chi connectivity index (χ1v) is 12.7. The predicted octanol–water partition coefficient (Wildman–Crippen LogP) is 5.77. The van der Waals surface area contributed by atoms with Crippen LogP contribution in [-0.2, 0) is 14.4 Å². The molecule has 2 aromatic carbocycles. The number of amides is 1. The van der Waals surface area contributed by atoms with Gasteiger partial charge in [0.15, 0.2) is 11.6 Å². The maximum Gasteiger partial charge on any atom is 0.573 e. The monoisotopic (exact) mass is 570 g/mol. The first-order valence-electron chi connectivity index (χ1n) is 12.7. The number of methoxy groups -OCH3 is 1. The fourth-order valence-electron chi connectivity index (χ4n) is 4.29. The number of benzene rings is 2. The summed E-state index contributed by atoms with van der Waals surface area (Å²) < 4.78 is 47.4. The average Bonchev–Trinajstić information content (AvgIpc) is 3.19. The van der Waals surface area contributed by atoms with Crippen LogP contribution in [-0.4, -0.2) is 53.6 Å². The van der Waals surface area contributed by atoms with Crippen LogP contribution in [0, 0.1) is 6.92 Å². The Hall–Kier alpha value is -4.45. The summed E-state index contributed by atoms with van der Waals surface area (Å²) in [4.78, 5) is 20.3. The zero-order valence-corrected chi connectivity index (χ0v) is 22.8. The van der Waals surface area contributed by atoms with Crippen molar-refractivity contribution in [3.63, 3.8) is 0 Å². The van der Waals surface area contributed by atoms with Gasteiger partial charge in [-0.25, -0.2) is 0 Å². The molecule has 1 amide bonds. The van der Waals surface area contributed by atoms with E-state index in [1.807, 2.05) is 26.0 Å². The van der Waals surface area contributed by atoms with Gasteiger partial charge >= 0.3 is 6.36 Å². The lowest BCUT2D eigenvalue weighted by Crippen LogP contribution is -2.32. The first-order chi connectivity index (χ1) is 19.5. The van der Waals surface area contributed by atoms with Crippen molar-refractivity contribution in [2.45, 2.75) is 39.1 Å². The molecule has 1 aromatic heterocycles. The van der Waals surface area contributed by atoms with Crippen molar-refractivity contribution in [2.75, 3.05) is 25.2 Å². The number of ether oxygens (including phenoxy) is 2. The third kappa shape index (κ3) is 6.83. The van der Waals surface area contributed by atoms with Crippen LogP contribution in [0.3, 0.4) is 0 Å². The normalized spacial score (nSPS) is 16.1. The Morgan fingerprint density at radius 2 is 1.71 bits per heavy atom. The molecule has 2 heterocycles. The molecule has 1 atom stereocenters. The lowest BCUT2D eigenvalue weighted by atomic mass is 9.91. The predicted molar refractivity (Wildman–Crippen MR) is 145 cm³/mol. The molecular formula is C29H29F3N4O5. The molecular weight excluding hydrogens is 541 g/mol. The van der Waals surface area contributed by atoms with Gasteiger partial charge in [-0.2, -0.15) is 5.10 Å². The number of halogens is 3. The number of carbonyl (C=O) groups is 1. The molecule has 1 aliphatic rings. The first kappa shape index (κ1) is 29.5. The molecule has 3 aromatic rings.